The molecule has 1 aromatic rings. The van der Waals surface area contributed by atoms with Gasteiger partial charge >= 0.3 is 6.03 Å². The molecule has 1 aliphatic carbocycles. The van der Waals surface area contributed by atoms with Crippen molar-refractivity contribution in [3.63, 3.8) is 0 Å². The number of hydrogen-bond acceptors (Lipinski definition) is 3. The largest absolute Gasteiger partial charge is 0.384 e. The minimum Gasteiger partial charge on any atom is -0.384 e. The van der Waals surface area contributed by atoms with Crippen molar-refractivity contribution in [1.29, 1.82) is 0 Å². The molecular weight excluding hydrogens is 439 g/mol. The number of amides is 2. The van der Waals surface area contributed by atoms with Crippen LogP contribution in [0.25, 0.3) is 0 Å². The molecule has 3 aliphatic rings. The molecule has 2 unspecified atom stereocenters. The molecule has 0 bridgehead atoms. The molecule has 2 aliphatic heterocycles. The summed E-state index contributed by atoms with van der Waals surface area (Å²) in [7, 11) is 2.23. The van der Waals surface area contributed by atoms with Crippen LogP contribution in [0.3, 0.4) is 0 Å². The quantitative estimate of drug-likeness (QED) is 0.669. The Balaban J connectivity index is 1.59. The van der Waals surface area contributed by atoms with E-state index in [1.165, 1.54) is 21.2 Å². The molecule has 1 fully saturated rings. The first kappa shape index (κ1) is 18.3. The van der Waals surface area contributed by atoms with Gasteiger partial charge in [0.25, 0.3) is 0 Å². The average molecular weight is 468 g/mol. The van der Waals surface area contributed by atoms with E-state index in [1.54, 1.807) is 5.56 Å². The van der Waals surface area contributed by atoms with Gasteiger partial charge in [-0.15, -0.1) is 0 Å². The number of benzene rings is 1. The van der Waals surface area contributed by atoms with Gasteiger partial charge in [-0.2, -0.15) is 0 Å². The number of likely N-dealkylation sites (N-methyl/N-ethyl adjacent to an activating group) is 1. The fourth-order valence-corrected chi connectivity index (χ4v) is 5.91. The fourth-order valence-electron chi connectivity index (χ4n) is 5.26. The standard InChI is InChI=1S/C20H29IN4O/c1-4-25(5-2)20(26)23-14-9-15-16-7-13(21)8-17-19(16)12(10-22-17)6-18(15)24(3)11-14/h7-8,12,14-15,18,22H,4-6,9-11H2,1-3H3,(H,23,26)/t12?,14-,15?,18+/m0/s1. The number of urea groups is 1. The Hall–Kier alpha value is -1.02. The Morgan fingerprint density at radius 2 is 2.12 bits per heavy atom. The number of nitrogens with one attached hydrogen (secondary N) is 2. The van der Waals surface area contributed by atoms with Crippen LogP contribution < -0.4 is 10.6 Å². The first-order chi connectivity index (χ1) is 12.5. The Morgan fingerprint density at radius 3 is 2.85 bits per heavy atom. The number of piperidine rings is 1. The molecule has 6 heteroatoms. The minimum atomic E-state index is 0.0788. The van der Waals surface area contributed by atoms with Crippen LogP contribution in [0, 0.1) is 3.57 Å². The van der Waals surface area contributed by atoms with Gasteiger partial charge in [0.1, 0.15) is 0 Å². The van der Waals surface area contributed by atoms with Gasteiger partial charge < -0.3 is 20.4 Å². The molecule has 1 aromatic carbocycles. The van der Waals surface area contributed by atoms with Crippen LogP contribution in [-0.4, -0.2) is 61.1 Å². The Morgan fingerprint density at radius 1 is 1.35 bits per heavy atom. The highest BCUT2D eigenvalue weighted by Gasteiger charge is 2.44. The molecule has 0 aromatic heterocycles. The zero-order valence-corrected chi connectivity index (χ0v) is 18.0. The second-order valence-corrected chi connectivity index (χ2v) is 9.18. The molecule has 4 rings (SSSR count). The summed E-state index contributed by atoms with van der Waals surface area (Å²) in [5.74, 6) is 1.15. The summed E-state index contributed by atoms with van der Waals surface area (Å²) < 4.78 is 1.31. The van der Waals surface area contributed by atoms with Crippen molar-refractivity contribution in [1.82, 2.24) is 15.1 Å². The third-order valence-corrected chi connectivity index (χ3v) is 7.13. The number of fused-ring (bicyclic) bond motifs is 2. The zero-order valence-electron chi connectivity index (χ0n) is 15.9. The first-order valence-electron chi connectivity index (χ1n) is 9.84. The van der Waals surface area contributed by atoms with Crippen molar-refractivity contribution >= 4 is 34.3 Å². The van der Waals surface area contributed by atoms with Crippen LogP contribution in [0.5, 0.6) is 0 Å². The summed E-state index contributed by atoms with van der Waals surface area (Å²) in [5, 5.41) is 6.92. The van der Waals surface area contributed by atoms with Gasteiger partial charge in [-0.05, 0) is 79.6 Å². The third kappa shape index (κ3) is 3.09. The number of rotatable bonds is 3. The molecule has 142 valence electrons. The van der Waals surface area contributed by atoms with E-state index in [0.717, 1.165) is 32.6 Å². The molecule has 2 N–H and O–H groups in total. The summed E-state index contributed by atoms with van der Waals surface area (Å²) in [6.45, 7) is 7.61. The van der Waals surface area contributed by atoms with Crippen LogP contribution in [-0.2, 0) is 0 Å². The lowest BCUT2D eigenvalue weighted by Crippen LogP contribution is -2.56. The number of anilines is 1. The minimum absolute atomic E-state index is 0.0788. The molecule has 2 amide bonds. The predicted octanol–water partition coefficient (Wildman–Crippen LogP) is 3.41. The van der Waals surface area contributed by atoms with E-state index in [9.17, 15) is 4.79 Å². The van der Waals surface area contributed by atoms with Crippen LogP contribution in [0.2, 0.25) is 0 Å². The average Bonchev–Trinajstić information content (AvgIpc) is 3.00. The van der Waals surface area contributed by atoms with Gasteiger partial charge in [-0.3, -0.25) is 0 Å². The molecule has 26 heavy (non-hydrogen) atoms. The number of halogens is 1. The van der Waals surface area contributed by atoms with Crippen LogP contribution in [0.4, 0.5) is 10.5 Å². The monoisotopic (exact) mass is 468 g/mol. The van der Waals surface area contributed by atoms with Crippen LogP contribution in [0.1, 0.15) is 49.7 Å². The van der Waals surface area contributed by atoms with E-state index in [2.05, 4.69) is 57.3 Å². The summed E-state index contributed by atoms with van der Waals surface area (Å²) in [4.78, 5) is 16.9. The fraction of sp³-hybridized carbons (Fsp3) is 0.650. The van der Waals surface area contributed by atoms with E-state index < -0.39 is 0 Å². The molecule has 0 spiro atoms. The maximum Gasteiger partial charge on any atom is 0.317 e. The van der Waals surface area contributed by atoms with Gasteiger partial charge in [-0.1, -0.05) is 0 Å². The van der Waals surface area contributed by atoms with Gasteiger partial charge in [0, 0.05) is 59.4 Å². The van der Waals surface area contributed by atoms with E-state index in [0.29, 0.717) is 17.9 Å². The normalized spacial score (nSPS) is 29.5. The highest BCUT2D eigenvalue weighted by Crippen LogP contribution is 2.50. The van der Waals surface area contributed by atoms with Crippen molar-refractivity contribution in [2.45, 2.75) is 50.6 Å². The predicted molar refractivity (Wildman–Crippen MR) is 114 cm³/mol. The lowest BCUT2D eigenvalue weighted by molar-refractivity contribution is 0.108. The maximum absolute atomic E-state index is 12.5. The smallest absolute Gasteiger partial charge is 0.317 e. The molecule has 2 heterocycles. The lowest BCUT2D eigenvalue weighted by Gasteiger charge is -2.47. The van der Waals surface area contributed by atoms with E-state index in [1.807, 2.05) is 18.7 Å². The summed E-state index contributed by atoms with van der Waals surface area (Å²) in [6, 6.07) is 5.55. The number of likely N-dealkylation sites (tertiary alicyclic amines) is 1. The van der Waals surface area contributed by atoms with Gasteiger partial charge in [0.15, 0.2) is 0 Å². The molecule has 0 saturated carbocycles. The Labute approximate surface area is 170 Å². The third-order valence-electron chi connectivity index (χ3n) is 6.51. The second kappa shape index (κ2) is 7.19. The zero-order chi connectivity index (χ0) is 18.4. The lowest BCUT2D eigenvalue weighted by atomic mass is 9.70. The van der Waals surface area contributed by atoms with Gasteiger partial charge in [0.2, 0.25) is 0 Å². The van der Waals surface area contributed by atoms with Gasteiger partial charge in [-0.25, -0.2) is 4.79 Å². The molecule has 0 radical (unpaired) electrons. The summed E-state index contributed by atoms with van der Waals surface area (Å²) in [6.07, 6.45) is 2.27. The Kier molecular flexibility index (Phi) is 5.07. The van der Waals surface area contributed by atoms with E-state index in [4.69, 9.17) is 0 Å². The van der Waals surface area contributed by atoms with Crippen molar-refractivity contribution in [2.75, 3.05) is 38.5 Å². The number of carbonyl (C=O) groups is 1. The molecule has 5 nitrogen and oxygen atoms in total. The topological polar surface area (TPSA) is 47.6 Å². The summed E-state index contributed by atoms with van der Waals surface area (Å²) in [5.41, 5.74) is 4.41. The highest BCUT2D eigenvalue weighted by molar-refractivity contribution is 14.1. The molecule has 4 atom stereocenters. The molecule has 1 saturated heterocycles. The van der Waals surface area contributed by atoms with Crippen molar-refractivity contribution < 1.29 is 4.79 Å². The van der Waals surface area contributed by atoms with Crippen molar-refractivity contribution in [3.05, 3.63) is 26.8 Å². The van der Waals surface area contributed by atoms with E-state index in [-0.39, 0.29) is 12.1 Å². The van der Waals surface area contributed by atoms with Crippen molar-refractivity contribution in [3.8, 4) is 0 Å². The van der Waals surface area contributed by atoms with Crippen molar-refractivity contribution in [2.24, 2.45) is 0 Å². The van der Waals surface area contributed by atoms with E-state index >= 15 is 0 Å². The maximum atomic E-state index is 12.5. The summed E-state index contributed by atoms with van der Waals surface area (Å²) >= 11 is 2.44. The number of nitrogens with zero attached hydrogens (tertiary/aromatic N) is 2. The highest BCUT2D eigenvalue weighted by atomic mass is 127. The Bertz CT molecular complexity index is 705. The first-order valence-corrected chi connectivity index (χ1v) is 10.9. The number of carbonyl (C=O) groups excluding carboxylic acids is 1. The van der Waals surface area contributed by atoms with Crippen LogP contribution in [0.15, 0.2) is 12.1 Å². The SMILES string of the molecule is CCN(CC)C(=O)N[C@H]1CC2c3cc(I)cc4c3C(CN4)C[C@H]2N(C)C1. The second-order valence-electron chi connectivity index (χ2n) is 7.94. The molecular formula is C20H29IN4O. The van der Waals surface area contributed by atoms with Gasteiger partial charge in [0.05, 0.1) is 0 Å². The number of hydrogen-bond donors (Lipinski definition) is 2. The van der Waals surface area contributed by atoms with Crippen LogP contribution >= 0.6 is 22.6 Å².